The molecule has 1 aromatic heterocycles. The fraction of sp³-hybridized carbons (Fsp3) is 0.231. The van der Waals surface area contributed by atoms with Crippen LogP contribution in [0.25, 0.3) is 0 Å². The van der Waals surface area contributed by atoms with Gasteiger partial charge in [-0.2, -0.15) is 0 Å². The minimum absolute atomic E-state index is 0.172. The quantitative estimate of drug-likeness (QED) is 0.835. The Kier molecular flexibility index (Phi) is 4.24. The lowest BCUT2D eigenvalue weighted by atomic mass is 10.1. The summed E-state index contributed by atoms with van der Waals surface area (Å²) >= 11 is 1.36. The summed E-state index contributed by atoms with van der Waals surface area (Å²) in [6, 6.07) is 6.88. The van der Waals surface area contributed by atoms with Crippen LogP contribution < -0.4 is 16.0 Å². The predicted molar refractivity (Wildman–Crippen MR) is 74.6 cm³/mol. The normalized spacial score (nSPS) is 12.2. The minimum Gasteiger partial charge on any atom is -0.496 e. The number of hydrogen-bond acceptors (Lipinski definition) is 5. The fourth-order valence-electron chi connectivity index (χ4n) is 1.75. The average molecular weight is 277 g/mol. The summed E-state index contributed by atoms with van der Waals surface area (Å²) in [4.78, 5) is 19.0. The van der Waals surface area contributed by atoms with E-state index in [0.717, 1.165) is 16.2 Å². The maximum Gasteiger partial charge on any atom is 0.251 e. The van der Waals surface area contributed by atoms with Gasteiger partial charge in [-0.15, -0.1) is 0 Å². The lowest BCUT2D eigenvalue weighted by Gasteiger charge is -2.15. The number of nitrogens with zero attached hydrogens (tertiary/aromatic N) is 1. The largest absolute Gasteiger partial charge is 0.496 e. The molecule has 0 unspecified atom stereocenters. The Balaban J connectivity index is 2.42. The van der Waals surface area contributed by atoms with Crippen LogP contribution in [0, 0.1) is 0 Å². The molecule has 0 aliphatic heterocycles. The summed E-state index contributed by atoms with van der Waals surface area (Å²) in [6.07, 6.45) is 1.48. The lowest BCUT2D eigenvalue weighted by molar-refractivity contribution is 0.405. The molecule has 5 nitrogen and oxygen atoms in total. The van der Waals surface area contributed by atoms with E-state index in [9.17, 15) is 4.79 Å². The van der Waals surface area contributed by atoms with E-state index in [1.54, 1.807) is 7.11 Å². The van der Waals surface area contributed by atoms with E-state index in [1.807, 2.05) is 25.1 Å². The number of aromatic amines is 1. The monoisotopic (exact) mass is 277 g/mol. The van der Waals surface area contributed by atoms with Crippen molar-refractivity contribution < 1.29 is 4.74 Å². The van der Waals surface area contributed by atoms with Crippen LogP contribution in [0.4, 0.5) is 0 Å². The maximum absolute atomic E-state index is 11.3. The average Bonchev–Trinajstić information content (AvgIpc) is 2.38. The van der Waals surface area contributed by atoms with Crippen molar-refractivity contribution in [3.8, 4) is 5.75 Å². The van der Waals surface area contributed by atoms with Crippen molar-refractivity contribution >= 4 is 11.8 Å². The molecule has 0 aliphatic rings. The second kappa shape index (κ2) is 5.90. The highest BCUT2D eigenvalue weighted by Gasteiger charge is 2.14. The summed E-state index contributed by atoms with van der Waals surface area (Å²) in [5.41, 5.74) is 6.71. The Labute approximate surface area is 115 Å². The van der Waals surface area contributed by atoms with Gasteiger partial charge in [-0.1, -0.05) is 17.8 Å². The van der Waals surface area contributed by atoms with Crippen molar-refractivity contribution in [2.24, 2.45) is 5.73 Å². The van der Waals surface area contributed by atoms with Crippen molar-refractivity contribution in [2.45, 2.75) is 23.0 Å². The minimum atomic E-state index is -0.178. The summed E-state index contributed by atoms with van der Waals surface area (Å²) < 4.78 is 5.32. The first-order chi connectivity index (χ1) is 9.11. The van der Waals surface area contributed by atoms with Crippen LogP contribution in [-0.2, 0) is 0 Å². The third-order valence-corrected chi connectivity index (χ3v) is 3.53. The second-order valence-electron chi connectivity index (χ2n) is 4.00. The Morgan fingerprint density at radius 3 is 2.84 bits per heavy atom. The molecule has 2 aromatic rings. The van der Waals surface area contributed by atoms with E-state index >= 15 is 0 Å². The van der Waals surface area contributed by atoms with Gasteiger partial charge in [0.2, 0.25) is 0 Å². The van der Waals surface area contributed by atoms with Crippen LogP contribution >= 0.6 is 11.8 Å². The zero-order valence-corrected chi connectivity index (χ0v) is 11.5. The fourth-order valence-corrected chi connectivity index (χ4v) is 2.76. The van der Waals surface area contributed by atoms with Gasteiger partial charge in [0.1, 0.15) is 5.75 Å². The molecule has 6 heteroatoms. The highest BCUT2D eigenvalue weighted by Crippen LogP contribution is 2.35. The van der Waals surface area contributed by atoms with Crippen LogP contribution in [0.1, 0.15) is 18.5 Å². The number of aromatic nitrogens is 2. The predicted octanol–water partition coefficient (Wildman–Crippen LogP) is 1.95. The number of methoxy groups -OCH3 is 1. The highest BCUT2D eigenvalue weighted by atomic mass is 32.2. The first-order valence-corrected chi connectivity index (χ1v) is 6.59. The standard InChI is InChI=1S/C13H15N3O2S/c1-8(14)12-9(18-2)4-3-5-10(12)19-13-15-7-6-11(17)16-13/h3-8H,14H2,1-2H3,(H,15,16,17)/t8-/m0/s1. The molecule has 0 saturated heterocycles. The number of nitrogens with one attached hydrogen (secondary N) is 1. The second-order valence-corrected chi connectivity index (χ2v) is 5.03. The van der Waals surface area contributed by atoms with Crippen LogP contribution in [0.5, 0.6) is 5.75 Å². The van der Waals surface area contributed by atoms with Crippen molar-refractivity contribution in [3.05, 3.63) is 46.4 Å². The summed E-state index contributed by atoms with van der Waals surface area (Å²) in [6.45, 7) is 1.89. The molecule has 1 aromatic carbocycles. The van der Waals surface area contributed by atoms with Crippen LogP contribution in [0.2, 0.25) is 0 Å². The van der Waals surface area contributed by atoms with Gasteiger partial charge in [-0.05, 0) is 19.1 Å². The maximum atomic E-state index is 11.3. The molecule has 100 valence electrons. The van der Waals surface area contributed by atoms with Gasteiger partial charge in [0, 0.05) is 28.8 Å². The molecule has 0 spiro atoms. The van der Waals surface area contributed by atoms with E-state index in [-0.39, 0.29) is 11.6 Å². The van der Waals surface area contributed by atoms with Crippen LogP contribution in [0.15, 0.2) is 45.3 Å². The van der Waals surface area contributed by atoms with Gasteiger partial charge in [0.25, 0.3) is 5.56 Å². The smallest absolute Gasteiger partial charge is 0.251 e. The molecule has 0 bridgehead atoms. The van der Waals surface area contributed by atoms with Gasteiger partial charge in [0.15, 0.2) is 5.16 Å². The van der Waals surface area contributed by atoms with Crippen molar-refractivity contribution in [1.82, 2.24) is 9.97 Å². The van der Waals surface area contributed by atoms with Crippen molar-refractivity contribution in [1.29, 1.82) is 0 Å². The van der Waals surface area contributed by atoms with Gasteiger partial charge >= 0.3 is 0 Å². The first kappa shape index (κ1) is 13.6. The number of ether oxygens (including phenoxy) is 1. The topological polar surface area (TPSA) is 81.0 Å². The number of H-pyrrole nitrogens is 1. The van der Waals surface area contributed by atoms with Gasteiger partial charge in [-0.25, -0.2) is 4.98 Å². The van der Waals surface area contributed by atoms with Crippen molar-refractivity contribution in [2.75, 3.05) is 7.11 Å². The number of benzene rings is 1. The molecule has 19 heavy (non-hydrogen) atoms. The molecule has 0 fully saturated rings. The number of hydrogen-bond donors (Lipinski definition) is 2. The summed E-state index contributed by atoms with van der Waals surface area (Å²) in [7, 11) is 1.61. The first-order valence-electron chi connectivity index (χ1n) is 5.77. The molecule has 1 heterocycles. The van der Waals surface area contributed by atoms with Crippen LogP contribution in [0.3, 0.4) is 0 Å². The van der Waals surface area contributed by atoms with Gasteiger partial charge in [0.05, 0.1) is 7.11 Å². The van der Waals surface area contributed by atoms with E-state index in [1.165, 1.54) is 24.0 Å². The Morgan fingerprint density at radius 1 is 1.42 bits per heavy atom. The van der Waals surface area contributed by atoms with E-state index in [0.29, 0.717) is 5.16 Å². The summed E-state index contributed by atoms with van der Waals surface area (Å²) in [5, 5.41) is 0.530. The third-order valence-electron chi connectivity index (χ3n) is 2.56. The molecule has 0 aliphatic carbocycles. The number of nitrogens with two attached hydrogens (primary N) is 1. The Morgan fingerprint density at radius 2 is 2.21 bits per heavy atom. The molecule has 0 saturated carbocycles. The van der Waals surface area contributed by atoms with E-state index in [4.69, 9.17) is 10.5 Å². The molecule has 2 rings (SSSR count). The SMILES string of the molecule is COc1cccc(Sc2nccc(=O)[nH]2)c1[C@H](C)N. The molecular weight excluding hydrogens is 262 g/mol. The highest BCUT2D eigenvalue weighted by molar-refractivity contribution is 7.99. The van der Waals surface area contributed by atoms with Gasteiger partial charge in [-0.3, -0.25) is 4.79 Å². The molecule has 0 radical (unpaired) electrons. The summed E-state index contributed by atoms with van der Waals surface area (Å²) in [5.74, 6) is 0.735. The molecule has 3 N–H and O–H groups in total. The zero-order valence-electron chi connectivity index (χ0n) is 10.7. The Hall–Kier alpha value is -1.79. The zero-order chi connectivity index (χ0) is 13.8. The number of rotatable bonds is 4. The van der Waals surface area contributed by atoms with Crippen molar-refractivity contribution in [3.63, 3.8) is 0 Å². The molecule has 0 amide bonds. The molecular formula is C13H15N3O2S. The van der Waals surface area contributed by atoms with Crippen LogP contribution in [-0.4, -0.2) is 17.1 Å². The van der Waals surface area contributed by atoms with E-state index < -0.39 is 0 Å². The lowest BCUT2D eigenvalue weighted by Crippen LogP contribution is -2.09. The third kappa shape index (κ3) is 3.15. The van der Waals surface area contributed by atoms with Gasteiger partial charge < -0.3 is 15.5 Å². The molecule has 1 atom stereocenters. The van der Waals surface area contributed by atoms with E-state index in [2.05, 4.69) is 9.97 Å². The Bertz CT molecular complexity index is 625.